The summed E-state index contributed by atoms with van der Waals surface area (Å²) in [6.07, 6.45) is -5.42. The van der Waals surface area contributed by atoms with Gasteiger partial charge in [0.1, 0.15) is 18.0 Å². The Morgan fingerprint density at radius 1 is 0.938 bits per heavy atom. The zero-order valence-electron chi connectivity index (χ0n) is 31.1. The van der Waals surface area contributed by atoms with Crippen LogP contribution in [0.15, 0.2) is 0 Å². The predicted molar refractivity (Wildman–Crippen MR) is 190 cm³/mol. The maximum absolute atomic E-state index is 14.2. The van der Waals surface area contributed by atoms with Crippen LogP contribution in [-0.4, -0.2) is 121 Å². The number of esters is 1. The molecular formula is C36H64INO10. The van der Waals surface area contributed by atoms with Gasteiger partial charge in [-0.05, 0) is 79.3 Å². The van der Waals surface area contributed by atoms with E-state index >= 15 is 0 Å². The SMILES string of the molecule is CC[C@H]1OC(=O)[C@H](C)[C@@H](C2C[C@H](C)[C@@H](O)[C@H](C)O2)[C@H](C)[C@@H](O[C@@H]2O[C@H](C)CC(N(C)C)[C@H]2O)[C@](C)(O)C[C@@H](C)C(=O)[C@H](C)C(O)[C@]1(C)I. The number of ether oxygens (including phenoxy) is 4. The van der Waals surface area contributed by atoms with Gasteiger partial charge in [0.05, 0.1) is 51.6 Å². The average Bonchev–Trinajstić information content (AvgIpc) is 2.99. The third-order valence-electron chi connectivity index (χ3n) is 11.7. The number of halogens is 1. The van der Waals surface area contributed by atoms with Crippen molar-refractivity contribution < 1.29 is 49.0 Å². The van der Waals surface area contributed by atoms with Crippen molar-refractivity contribution in [3.05, 3.63) is 0 Å². The van der Waals surface area contributed by atoms with Crippen LogP contribution in [0, 0.1) is 35.5 Å². The molecule has 3 aliphatic rings. The van der Waals surface area contributed by atoms with E-state index in [4.69, 9.17) is 18.9 Å². The number of rotatable bonds is 5. The molecule has 0 saturated carbocycles. The number of likely N-dealkylation sites (N-methyl/N-ethyl adjacent to an activating group) is 1. The summed E-state index contributed by atoms with van der Waals surface area (Å²) in [5.74, 6) is -4.18. The molecule has 0 aromatic rings. The number of hydrogen-bond acceptors (Lipinski definition) is 11. The summed E-state index contributed by atoms with van der Waals surface area (Å²) in [7, 11) is 3.77. The van der Waals surface area contributed by atoms with Gasteiger partial charge in [0, 0.05) is 23.8 Å². The second kappa shape index (κ2) is 16.5. The highest BCUT2D eigenvalue weighted by atomic mass is 127. The molecule has 3 fully saturated rings. The molecule has 0 aliphatic carbocycles. The van der Waals surface area contributed by atoms with E-state index in [1.807, 2.05) is 53.6 Å². The Morgan fingerprint density at radius 2 is 1.54 bits per heavy atom. The molecule has 0 radical (unpaired) electrons. The predicted octanol–water partition coefficient (Wildman–Crippen LogP) is 3.73. The van der Waals surface area contributed by atoms with E-state index in [2.05, 4.69) is 22.6 Å². The van der Waals surface area contributed by atoms with E-state index in [0.717, 1.165) is 0 Å². The molecule has 18 atom stereocenters. The van der Waals surface area contributed by atoms with Crippen molar-refractivity contribution >= 4 is 34.3 Å². The fraction of sp³-hybridized carbons (Fsp3) is 0.944. The molecule has 0 aromatic heterocycles. The van der Waals surface area contributed by atoms with Gasteiger partial charge in [0.2, 0.25) is 0 Å². The summed E-state index contributed by atoms with van der Waals surface area (Å²) in [6.45, 7) is 18.1. The van der Waals surface area contributed by atoms with Crippen molar-refractivity contribution in [3.63, 3.8) is 0 Å². The van der Waals surface area contributed by atoms with Crippen LogP contribution in [0.2, 0.25) is 0 Å². The minimum atomic E-state index is -1.65. The van der Waals surface area contributed by atoms with Crippen LogP contribution in [0.3, 0.4) is 0 Å². The number of nitrogens with zero attached hydrogens (tertiary/aromatic N) is 1. The van der Waals surface area contributed by atoms with Gasteiger partial charge in [0.25, 0.3) is 0 Å². The largest absolute Gasteiger partial charge is 0.461 e. The van der Waals surface area contributed by atoms with Crippen LogP contribution in [0.4, 0.5) is 0 Å². The summed E-state index contributed by atoms with van der Waals surface area (Å²) >= 11 is 2.11. The second-order valence-corrected chi connectivity index (χ2v) is 18.3. The second-order valence-electron chi connectivity index (χ2n) is 16.0. The Hall–Kier alpha value is -0.450. The van der Waals surface area contributed by atoms with Gasteiger partial charge in [-0.2, -0.15) is 0 Å². The van der Waals surface area contributed by atoms with E-state index in [0.29, 0.717) is 19.3 Å². The van der Waals surface area contributed by atoms with Crippen molar-refractivity contribution in [2.45, 2.75) is 165 Å². The van der Waals surface area contributed by atoms with Gasteiger partial charge < -0.3 is 44.3 Å². The minimum Gasteiger partial charge on any atom is -0.461 e. The number of hydrogen-bond donors (Lipinski definition) is 4. The van der Waals surface area contributed by atoms with E-state index in [9.17, 15) is 30.0 Å². The zero-order valence-corrected chi connectivity index (χ0v) is 33.3. The number of carbonyl (C=O) groups is 2. The summed E-state index contributed by atoms with van der Waals surface area (Å²) in [5.41, 5.74) is -1.65. The van der Waals surface area contributed by atoms with Crippen LogP contribution in [0.5, 0.6) is 0 Å². The molecule has 0 bridgehead atoms. The lowest BCUT2D eigenvalue weighted by Crippen LogP contribution is -2.60. The molecule has 0 aromatic carbocycles. The average molecular weight is 798 g/mol. The van der Waals surface area contributed by atoms with Crippen LogP contribution in [0.1, 0.15) is 94.9 Å². The topological polar surface area (TPSA) is 155 Å². The quantitative estimate of drug-likeness (QED) is 0.183. The van der Waals surface area contributed by atoms with Gasteiger partial charge >= 0.3 is 5.97 Å². The van der Waals surface area contributed by atoms with Crippen LogP contribution in [-0.2, 0) is 28.5 Å². The Bertz CT molecular complexity index is 1080. The molecular weight excluding hydrogens is 733 g/mol. The maximum Gasteiger partial charge on any atom is 0.309 e. The third-order valence-corrected chi connectivity index (χ3v) is 13.0. The molecule has 3 heterocycles. The summed E-state index contributed by atoms with van der Waals surface area (Å²) < 4.78 is 24.6. The van der Waals surface area contributed by atoms with Crippen molar-refractivity contribution in [2.24, 2.45) is 35.5 Å². The lowest BCUT2D eigenvalue weighted by atomic mass is 9.68. The van der Waals surface area contributed by atoms with Crippen molar-refractivity contribution in [2.75, 3.05) is 14.1 Å². The lowest BCUT2D eigenvalue weighted by molar-refractivity contribution is -0.300. The Morgan fingerprint density at radius 3 is 2.08 bits per heavy atom. The van der Waals surface area contributed by atoms with Crippen LogP contribution >= 0.6 is 22.6 Å². The summed E-state index contributed by atoms with van der Waals surface area (Å²) in [5, 5.41) is 46.2. The first kappa shape index (κ1) is 42.0. The van der Waals surface area contributed by atoms with Gasteiger partial charge in [-0.15, -0.1) is 0 Å². The third kappa shape index (κ3) is 8.94. The Balaban J connectivity index is 2.20. The summed E-state index contributed by atoms with van der Waals surface area (Å²) in [4.78, 5) is 30.0. The fourth-order valence-corrected chi connectivity index (χ4v) is 9.81. The zero-order chi connectivity index (χ0) is 36.6. The van der Waals surface area contributed by atoms with Crippen molar-refractivity contribution in [1.82, 2.24) is 4.90 Å². The normalized spacial score (nSPS) is 50.5. The fourth-order valence-electron chi connectivity index (χ4n) is 8.70. The Kier molecular flexibility index (Phi) is 14.4. The van der Waals surface area contributed by atoms with Gasteiger partial charge in [0.15, 0.2) is 6.29 Å². The van der Waals surface area contributed by atoms with Crippen LogP contribution < -0.4 is 0 Å². The van der Waals surface area contributed by atoms with E-state index in [1.165, 1.54) is 0 Å². The number of Topliss-reactive ketones (excluding diaryl/α,β-unsaturated/α-hetero) is 1. The van der Waals surface area contributed by atoms with E-state index < -0.39 is 93.6 Å². The molecule has 3 rings (SSSR count). The standard InChI is InChI=1S/C36H64INO10/c1-13-26-36(10,37)31(42)22(7)28(39)18(3)16-35(9,44)32(48-34-30(41)24(38(11)12)15-19(4)45-34)20(5)27(21(6)33(43)47-26)25-14-17(2)29(40)23(8)46-25/h17-27,29-32,34,40-42,44H,13-16H2,1-12H3/t17-,18+,19+,20-,21+,22-,23-,24?,25?,26+,27-,29+,30+,31?,32+,34-,35+,36+/m0/s1. The smallest absolute Gasteiger partial charge is 0.309 e. The summed E-state index contributed by atoms with van der Waals surface area (Å²) in [6, 6.07) is -0.261. The number of carbonyl (C=O) groups excluding carboxylic acids is 2. The van der Waals surface area contributed by atoms with Crippen molar-refractivity contribution in [1.29, 1.82) is 0 Å². The molecule has 12 heteroatoms. The first-order chi connectivity index (χ1) is 22.1. The lowest BCUT2D eigenvalue weighted by Gasteiger charge is -2.50. The number of alkyl halides is 1. The van der Waals surface area contributed by atoms with Gasteiger partial charge in [-0.1, -0.05) is 64.1 Å². The Labute approximate surface area is 301 Å². The highest BCUT2D eigenvalue weighted by molar-refractivity contribution is 14.1. The van der Waals surface area contributed by atoms with Gasteiger partial charge in [-0.25, -0.2) is 0 Å². The minimum absolute atomic E-state index is 0.00509. The molecule has 4 N–H and O–H groups in total. The highest BCUT2D eigenvalue weighted by Crippen LogP contribution is 2.44. The number of aliphatic hydroxyl groups is 4. The first-order valence-corrected chi connectivity index (χ1v) is 19.0. The maximum atomic E-state index is 14.2. The van der Waals surface area contributed by atoms with E-state index in [-0.39, 0.29) is 30.3 Å². The molecule has 280 valence electrons. The van der Waals surface area contributed by atoms with Crippen molar-refractivity contribution in [3.8, 4) is 0 Å². The highest BCUT2D eigenvalue weighted by Gasteiger charge is 2.53. The van der Waals surface area contributed by atoms with E-state index in [1.54, 1.807) is 34.6 Å². The molecule has 0 spiro atoms. The number of ketones is 1. The molecule has 0 amide bonds. The first-order valence-electron chi connectivity index (χ1n) is 17.9. The monoisotopic (exact) mass is 797 g/mol. The molecule has 3 aliphatic heterocycles. The number of aliphatic hydroxyl groups excluding tert-OH is 3. The molecule has 48 heavy (non-hydrogen) atoms. The number of cyclic esters (lactones) is 1. The molecule has 3 saturated heterocycles. The molecule has 11 nitrogen and oxygen atoms in total. The van der Waals surface area contributed by atoms with Gasteiger partial charge in [-0.3, -0.25) is 9.59 Å². The molecule has 3 unspecified atom stereocenters. The van der Waals surface area contributed by atoms with Crippen LogP contribution in [0.25, 0.3) is 0 Å².